The number of benzene rings is 3. The zero-order valence-corrected chi connectivity index (χ0v) is 21.0. The van der Waals surface area contributed by atoms with Gasteiger partial charge in [-0.15, -0.1) is 0 Å². The fraction of sp³-hybridized carbons (Fsp3) is 0.185. The lowest BCUT2D eigenvalue weighted by atomic mass is 9.95. The molecule has 10 heteroatoms. The second-order valence-corrected chi connectivity index (χ2v) is 9.87. The van der Waals surface area contributed by atoms with Crippen molar-refractivity contribution in [1.29, 1.82) is 0 Å². The Hall–Kier alpha value is -4.11. The van der Waals surface area contributed by atoms with Crippen LogP contribution in [0.5, 0.6) is 0 Å². The van der Waals surface area contributed by atoms with E-state index in [4.69, 9.17) is 11.6 Å². The zero-order chi connectivity index (χ0) is 26.9. The summed E-state index contributed by atoms with van der Waals surface area (Å²) in [6, 6.07) is 12.3. The van der Waals surface area contributed by atoms with Gasteiger partial charge in [0.2, 0.25) is 5.91 Å². The van der Waals surface area contributed by atoms with Crippen molar-refractivity contribution in [1.82, 2.24) is 15.1 Å². The molecule has 1 heterocycles. The molecule has 2 N–H and O–H groups in total. The largest absolute Gasteiger partial charge is 0.352 e. The van der Waals surface area contributed by atoms with Crippen molar-refractivity contribution in [3.8, 4) is 5.69 Å². The quantitative estimate of drug-likeness (QED) is 0.374. The van der Waals surface area contributed by atoms with Gasteiger partial charge in [-0.25, -0.2) is 8.78 Å². The predicted molar refractivity (Wildman–Crippen MR) is 138 cm³/mol. The molecule has 7 nitrogen and oxygen atoms in total. The van der Waals surface area contributed by atoms with E-state index in [0.29, 0.717) is 22.7 Å². The molecular weight excluding hydrogens is 502 g/mol. The van der Waals surface area contributed by atoms with Crippen LogP contribution in [0.3, 0.4) is 0 Å². The second kappa shape index (κ2) is 10.1. The van der Waals surface area contributed by atoms with Gasteiger partial charge in [0.25, 0.3) is 11.5 Å². The first-order valence-corrected chi connectivity index (χ1v) is 11.7. The second-order valence-electron chi connectivity index (χ2n) is 9.46. The number of hydrogen-bond acceptors (Lipinski definition) is 4. The summed E-state index contributed by atoms with van der Waals surface area (Å²) in [5, 5.41) is 10.4. The maximum atomic E-state index is 14.3. The first kappa shape index (κ1) is 26.0. The molecule has 0 bridgehead atoms. The molecule has 0 aliphatic rings. The highest BCUT2D eigenvalue weighted by molar-refractivity contribution is 6.34. The van der Waals surface area contributed by atoms with Gasteiger partial charge in [-0.05, 0) is 42.0 Å². The molecule has 1 aromatic heterocycles. The number of rotatable bonds is 5. The van der Waals surface area contributed by atoms with Crippen molar-refractivity contribution in [2.24, 2.45) is 5.41 Å². The molecule has 3 aromatic carbocycles. The summed E-state index contributed by atoms with van der Waals surface area (Å²) in [7, 11) is 0. The number of carbonyl (C=O) groups excluding carboxylic acids is 2. The van der Waals surface area contributed by atoms with Crippen molar-refractivity contribution in [2.45, 2.75) is 27.3 Å². The van der Waals surface area contributed by atoms with Gasteiger partial charge in [0, 0.05) is 29.1 Å². The lowest BCUT2D eigenvalue weighted by Gasteiger charge is -2.18. The smallest absolute Gasteiger partial charge is 0.279 e. The van der Waals surface area contributed by atoms with E-state index in [2.05, 4.69) is 15.7 Å². The molecule has 4 rings (SSSR count). The van der Waals surface area contributed by atoms with Crippen LogP contribution >= 0.6 is 11.6 Å². The summed E-state index contributed by atoms with van der Waals surface area (Å²) in [5.41, 5.74) is -0.238. The Kier molecular flexibility index (Phi) is 7.09. The number of anilines is 1. The van der Waals surface area contributed by atoms with Crippen LogP contribution in [0, 0.1) is 17.0 Å². The third kappa shape index (κ3) is 5.67. The average Bonchev–Trinajstić information content (AvgIpc) is 2.83. The number of carbonyl (C=O) groups is 2. The summed E-state index contributed by atoms with van der Waals surface area (Å²) < 4.78 is 28.4. The van der Waals surface area contributed by atoms with Crippen LogP contribution in [0.2, 0.25) is 5.02 Å². The molecule has 37 heavy (non-hydrogen) atoms. The molecule has 0 fully saturated rings. The van der Waals surface area contributed by atoms with Crippen LogP contribution in [0.1, 0.15) is 36.7 Å². The Labute approximate surface area is 216 Å². The molecule has 0 radical (unpaired) electrons. The lowest BCUT2D eigenvalue weighted by molar-refractivity contribution is -0.128. The monoisotopic (exact) mass is 524 g/mol. The van der Waals surface area contributed by atoms with Gasteiger partial charge in [-0.1, -0.05) is 44.5 Å². The van der Waals surface area contributed by atoms with E-state index in [1.165, 1.54) is 12.3 Å². The van der Waals surface area contributed by atoms with Gasteiger partial charge in [0.15, 0.2) is 5.82 Å². The average molecular weight is 525 g/mol. The minimum absolute atomic E-state index is 0.134. The number of hydrogen-bond donors (Lipinski definition) is 2. The topological polar surface area (TPSA) is 93.1 Å². The van der Waals surface area contributed by atoms with Crippen molar-refractivity contribution < 1.29 is 18.4 Å². The minimum atomic E-state index is -0.938. The van der Waals surface area contributed by atoms with Crippen molar-refractivity contribution >= 4 is 39.9 Å². The van der Waals surface area contributed by atoms with E-state index in [1.807, 2.05) is 0 Å². The van der Waals surface area contributed by atoms with E-state index in [9.17, 15) is 23.2 Å². The van der Waals surface area contributed by atoms with E-state index >= 15 is 0 Å². The standard InChI is InChI=1S/C27H23ClF2N4O3/c1-27(2,3)26(37)31-13-15-4-8-21(28)20(10-15)24(35)33-18-7-5-16-14-32-34(25(36)19(16)12-18)23-9-6-17(29)11-22(23)30/h4-12,14H,13H2,1-3H3,(H,31,37)(H,33,35). The predicted octanol–water partition coefficient (Wildman–Crippen LogP) is 5.23. The van der Waals surface area contributed by atoms with Crippen LogP contribution in [0.25, 0.3) is 16.5 Å². The van der Waals surface area contributed by atoms with Gasteiger partial charge < -0.3 is 10.6 Å². The van der Waals surface area contributed by atoms with E-state index in [0.717, 1.165) is 16.8 Å². The van der Waals surface area contributed by atoms with Crippen LogP contribution in [0.4, 0.5) is 14.5 Å². The first-order chi connectivity index (χ1) is 17.4. The van der Waals surface area contributed by atoms with Gasteiger partial charge in [0.1, 0.15) is 11.5 Å². The van der Waals surface area contributed by atoms with Gasteiger partial charge in [0.05, 0.1) is 22.2 Å². The number of aromatic nitrogens is 2. The molecule has 0 spiro atoms. The summed E-state index contributed by atoms with van der Waals surface area (Å²) in [6.07, 6.45) is 1.37. The minimum Gasteiger partial charge on any atom is -0.352 e. The summed E-state index contributed by atoms with van der Waals surface area (Å²) in [5.74, 6) is -2.37. The highest BCUT2D eigenvalue weighted by Crippen LogP contribution is 2.22. The SMILES string of the molecule is CC(C)(C)C(=O)NCc1ccc(Cl)c(C(=O)Nc2ccc3cnn(-c4ccc(F)cc4F)c(=O)c3c2)c1. The molecule has 0 unspecified atom stereocenters. The molecule has 190 valence electrons. The highest BCUT2D eigenvalue weighted by Gasteiger charge is 2.21. The maximum Gasteiger partial charge on any atom is 0.279 e. The fourth-order valence-corrected chi connectivity index (χ4v) is 3.75. The number of fused-ring (bicyclic) bond motifs is 1. The molecular formula is C27H23ClF2N4O3. The fourth-order valence-electron chi connectivity index (χ4n) is 3.55. The molecule has 0 aliphatic carbocycles. The number of nitrogens with one attached hydrogen (secondary N) is 2. The number of amides is 2. The number of nitrogens with zero attached hydrogens (tertiary/aromatic N) is 2. The Balaban J connectivity index is 1.60. The summed E-state index contributed by atoms with van der Waals surface area (Å²) in [6.45, 7) is 5.62. The molecule has 0 saturated heterocycles. The maximum absolute atomic E-state index is 14.3. The van der Waals surface area contributed by atoms with E-state index in [-0.39, 0.29) is 34.1 Å². The third-order valence-corrected chi connectivity index (χ3v) is 5.92. The Morgan fingerprint density at radius 2 is 1.78 bits per heavy atom. The molecule has 0 atom stereocenters. The van der Waals surface area contributed by atoms with Crippen molar-refractivity contribution in [3.05, 3.63) is 98.9 Å². The van der Waals surface area contributed by atoms with E-state index in [1.54, 1.807) is 51.1 Å². The summed E-state index contributed by atoms with van der Waals surface area (Å²) in [4.78, 5) is 38.2. The first-order valence-electron chi connectivity index (χ1n) is 11.3. The van der Waals surface area contributed by atoms with E-state index < -0.39 is 28.5 Å². The van der Waals surface area contributed by atoms with Gasteiger partial charge in [-0.3, -0.25) is 14.4 Å². The highest BCUT2D eigenvalue weighted by atomic mass is 35.5. The van der Waals surface area contributed by atoms with Crippen molar-refractivity contribution in [2.75, 3.05) is 5.32 Å². The normalized spacial score (nSPS) is 11.4. The Morgan fingerprint density at radius 3 is 2.49 bits per heavy atom. The van der Waals surface area contributed by atoms with Gasteiger partial charge in [-0.2, -0.15) is 9.78 Å². The number of halogens is 3. The molecule has 2 amide bonds. The molecule has 4 aromatic rings. The van der Waals surface area contributed by atoms with Crippen LogP contribution in [0.15, 0.2) is 65.6 Å². The Bertz CT molecular complexity index is 1600. The summed E-state index contributed by atoms with van der Waals surface area (Å²) >= 11 is 6.26. The van der Waals surface area contributed by atoms with Crippen LogP contribution in [-0.2, 0) is 11.3 Å². The molecule has 0 aliphatic heterocycles. The van der Waals surface area contributed by atoms with Gasteiger partial charge >= 0.3 is 0 Å². The zero-order valence-electron chi connectivity index (χ0n) is 20.2. The third-order valence-electron chi connectivity index (χ3n) is 5.59. The van der Waals surface area contributed by atoms with Crippen LogP contribution < -0.4 is 16.2 Å². The Morgan fingerprint density at radius 1 is 1.03 bits per heavy atom. The van der Waals surface area contributed by atoms with Crippen LogP contribution in [-0.4, -0.2) is 21.6 Å². The molecule has 0 saturated carbocycles. The van der Waals surface area contributed by atoms with Crippen molar-refractivity contribution in [3.63, 3.8) is 0 Å². The lowest BCUT2D eigenvalue weighted by Crippen LogP contribution is -2.34.